The summed E-state index contributed by atoms with van der Waals surface area (Å²) in [6.45, 7) is 0. The van der Waals surface area contributed by atoms with Gasteiger partial charge in [-0.15, -0.1) is 0 Å². The normalized spacial score (nSPS) is 10.1. The Morgan fingerprint density at radius 3 is 2.53 bits per heavy atom. The van der Waals surface area contributed by atoms with Gasteiger partial charge in [-0.25, -0.2) is 9.97 Å². The summed E-state index contributed by atoms with van der Waals surface area (Å²) in [6, 6.07) is 7.17. The highest BCUT2D eigenvalue weighted by Crippen LogP contribution is 2.32. The molecule has 1 aromatic carbocycles. The van der Waals surface area contributed by atoms with Gasteiger partial charge in [-0.3, -0.25) is 0 Å². The van der Waals surface area contributed by atoms with Crippen molar-refractivity contribution in [3.05, 3.63) is 35.7 Å². The lowest BCUT2D eigenvalue weighted by Crippen LogP contribution is -1.92. The highest BCUT2D eigenvalue weighted by Gasteiger charge is 2.09. The molecule has 2 aromatic rings. The van der Waals surface area contributed by atoms with E-state index in [-0.39, 0.29) is 0 Å². The van der Waals surface area contributed by atoms with Crippen molar-refractivity contribution in [2.45, 2.75) is 0 Å². The zero-order valence-electron chi connectivity index (χ0n) is 9.48. The number of methoxy groups -OCH3 is 2. The fourth-order valence-corrected chi connectivity index (χ4v) is 1.64. The second kappa shape index (κ2) is 5.01. The Bertz CT molecular complexity index is 532. The molecular weight excluding hydrogens is 240 g/mol. The maximum atomic E-state index is 5.84. The molecule has 88 valence electrons. The van der Waals surface area contributed by atoms with Crippen LogP contribution in [0.25, 0.3) is 11.3 Å². The van der Waals surface area contributed by atoms with Crippen LogP contribution < -0.4 is 9.47 Å². The number of rotatable bonds is 3. The van der Waals surface area contributed by atoms with Crippen LogP contribution in [0.3, 0.4) is 0 Å². The molecule has 0 bridgehead atoms. The standard InChI is InChI=1S/C12H11ClN2O2/c1-16-8-3-4-11(17-2)9(5-8)10-6-12(13)15-7-14-10/h3-7H,1-2H3. The molecule has 0 saturated heterocycles. The average molecular weight is 251 g/mol. The van der Waals surface area contributed by atoms with Gasteiger partial charge in [0, 0.05) is 11.6 Å². The lowest BCUT2D eigenvalue weighted by Gasteiger charge is -2.09. The van der Waals surface area contributed by atoms with Crippen molar-refractivity contribution in [3.8, 4) is 22.8 Å². The zero-order chi connectivity index (χ0) is 12.3. The van der Waals surface area contributed by atoms with Crippen molar-refractivity contribution in [1.29, 1.82) is 0 Å². The van der Waals surface area contributed by atoms with Crippen molar-refractivity contribution in [1.82, 2.24) is 9.97 Å². The van der Waals surface area contributed by atoms with Crippen LogP contribution in [0.4, 0.5) is 0 Å². The minimum Gasteiger partial charge on any atom is -0.497 e. The summed E-state index contributed by atoms with van der Waals surface area (Å²) in [4.78, 5) is 8.01. The van der Waals surface area contributed by atoms with Gasteiger partial charge in [-0.1, -0.05) is 11.6 Å². The summed E-state index contributed by atoms with van der Waals surface area (Å²) >= 11 is 5.84. The lowest BCUT2D eigenvalue weighted by molar-refractivity contribution is 0.404. The number of halogens is 1. The maximum absolute atomic E-state index is 5.84. The second-order valence-electron chi connectivity index (χ2n) is 3.29. The van der Waals surface area contributed by atoms with Crippen LogP contribution in [0.5, 0.6) is 11.5 Å². The third-order valence-corrected chi connectivity index (χ3v) is 2.52. The predicted molar refractivity (Wildman–Crippen MR) is 65.6 cm³/mol. The fourth-order valence-electron chi connectivity index (χ4n) is 1.50. The molecule has 1 heterocycles. The van der Waals surface area contributed by atoms with Crippen molar-refractivity contribution in [3.63, 3.8) is 0 Å². The first-order valence-corrected chi connectivity index (χ1v) is 5.32. The van der Waals surface area contributed by atoms with Gasteiger partial charge in [0.15, 0.2) is 0 Å². The Balaban J connectivity index is 2.56. The highest BCUT2D eigenvalue weighted by atomic mass is 35.5. The van der Waals surface area contributed by atoms with Gasteiger partial charge in [0.1, 0.15) is 23.0 Å². The number of nitrogens with zero attached hydrogens (tertiary/aromatic N) is 2. The molecule has 0 amide bonds. The SMILES string of the molecule is COc1ccc(OC)c(-c2cc(Cl)ncn2)c1. The van der Waals surface area contributed by atoms with Crippen molar-refractivity contribution in [2.24, 2.45) is 0 Å². The number of benzene rings is 1. The Morgan fingerprint density at radius 1 is 1.06 bits per heavy atom. The molecule has 0 atom stereocenters. The van der Waals surface area contributed by atoms with Crippen LogP contribution >= 0.6 is 11.6 Å². The van der Waals surface area contributed by atoms with Crippen LogP contribution in [-0.4, -0.2) is 24.2 Å². The van der Waals surface area contributed by atoms with Crippen LogP contribution in [0.2, 0.25) is 5.15 Å². The first kappa shape index (κ1) is 11.7. The van der Waals surface area contributed by atoms with E-state index >= 15 is 0 Å². The quantitative estimate of drug-likeness (QED) is 0.786. The van der Waals surface area contributed by atoms with Gasteiger partial charge in [0.25, 0.3) is 0 Å². The van der Waals surface area contributed by atoms with Gasteiger partial charge >= 0.3 is 0 Å². The fraction of sp³-hybridized carbons (Fsp3) is 0.167. The third kappa shape index (κ3) is 2.47. The van der Waals surface area contributed by atoms with Crippen LogP contribution in [0.1, 0.15) is 0 Å². The largest absolute Gasteiger partial charge is 0.497 e. The molecule has 0 radical (unpaired) electrons. The minimum absolute atomic E-state index is 0.389. The molecule has 1 aromatic heterocycles. The molecule has 0 fully saturated rings. The number of hydrogen-bond acceptors (Lipinski definition) is 4. The Morgan fingerprint density at radius 2 is 1.88 bits per heavy atom. The van der Waals surface area contributed by atoms with E-state index in [1.807, 2.05) is 18.2 Å². The van der Waals surface area contributed by atoms with Gasteiger partial charge in [0.2, 0.25) is 0 Å². The van der Waals surface area contributed by atoms with Gasteiger partial charge in [0.05, 0.1) is 19.9 Å². The van der Waals surface area contributed by atoms with Gasteiger partial charge < -0.3 is 9.47 Å². The molecule has 5 heteroatoms. The summed E-state index contributed by atoms with van der Waals surface area (Å²) in [5.74, 6) is 1.44. The first-order valence-electron chi connectivity index (χ1n) is 4.94. The minimum atomic E-state index is 0.389. The van der Waals surface area contributed by atoms with Gasteiger partial charge in [-0.2, -0.15) is 0 Å². The molecule has 0 unspecified atom stereocenters. The van der Waals surface area contributed by atoms with Gasteiger partial charge in [-0.05, 0) is 18.2 Å². The molecule has 0 spiro atoms. The average Bonchev–Trinajstić information content (AvgIpc) is 2.38. The summed E-state index contributed by atoms with van der Waals surface area (Å²) < 4.78 is 10.5. The predicted octanol–water partition coefficient (Wildman–Crippen LogP) is 2.81. The van der Waals surface area contributed by atoms with Crippen LogP contribution in [0, 0.1) is 0 Å². The third-order valence-electron chi connectivity index (χ3n) is 2.32. The van der Waals surface area contributed by atoms with E-state index in [2.05, 4.69) is 9.97 Å². The molecule has 0 aliphatic carbocycles. The zero-order valence-corrected chi connectivity index (χ0v) is 10.2. The van der Waals surface area contributed by atoms with E-state index in [1.165, 1.54) is 6.33 Å². The Kier molecular flexibility index (Phi) is 3.44. The Labute approximate surface area is 104 Å². The van der Waals surface area contributed by atoms with E-state index in [9.17, 15) is 0 Å². The molecule has 0 aliphatic rings. The van der Waals surface area contributed by atoms with Crippen LogP contribution in [0.15, 0.2) is 30.6 Å². The number of aromatic nitrogens is 2. The summed E-state index contributed by atoms with van der Waals surface area (Å²) in [5.41, 5.74) is 1.51. The van der Waals surface area contributed by atoms with E-state index in [0.717, 1.165) is 11.3 Å². The smallest absolute Gasteiger partial charge is 0.133 e. The topological polar surface area (TPSA) is 44.2 Å². The van der Waals surface area contributed by atoms with E-state index in [0.29, 0.717) is 16.6 Å². The number of ether oxygens (including phenoxy) is 2. The molecule has 2 rings (SSSR count). The van der Waals surface area contributed by atoms with Crippen molar-refractivity contribution >= 4 is 11.6 Å². The lowest BCUT2D eigenvalue weighted by atomic mass is 10.1. The maximum Gasteiger partial charge on any atom is 0.133 e. The van der Waals surface area contributed by atoms with E-state index in [4.69, 9.17) is 21.1 Å². The molecule has 0 N–H and O–H groups in total. The van der Waals surface area contributed by atoms with Crippen molar-refractivity contribution < 1.29 is 9.47 Å². The number of hydrogen-bond donors (Lipinski definition) is 0. The first-order chi connectivity index (χ1) is 8.24. The van der Waals surface area contributed by atoms with E-state index < -0.39 is 0 Å². The van der Waals surface area contributed by atoms with E-state index in [1.54, 1.807) is 20.3 Å². The summed E-state index contributed by atoms with van der Waals surface area (Å²) in [5, 5.41) is 0.389. The molecular formula is C12H11ClN2O2. The molecule has 4 nitrogen and oxygen atoms in total. The Hall–Kier alpha value is -1.81. The van der Waals surface area contributed by atoms with Crippen molar-refractivity contribution in [2.75, 3.05) is 14.2 Å². The molecule has 0 saturated carbocycles. The monoisotopic (exact) mass is 250 g/mol. The highest BCUT2D eigenvalue weighted by molar-refractivity contribution is 6.29. The molecule has 17 heavy (non-hydrogen) atoms. The summed E-state index contributed by atoms with van der Waals surface area (Å²) in [7, 11) is 3.21. The second-order valence-corrected chi connectivity index (χ2v) is 3.68. The van der Waals surface area contributed by atoms with Crippen LogP contribution in [-0.2, 0) is 0 Å². The molecule has 0 aliphatic heterocycles. The summed E-state index contributed by atoms with van der Waals surface area (Å²) in [6.07, 6.45) is 1.41.